The number of para-hydroxylation sites is 1. The minimum Gasteiger partial charge on any atom is -0.289 e. The van der Waals surface area contributed by atoms with Crippen LogP contribution in [0.1, 0.15) is 21.5 Å². The molecule has 0 N–H and O–H groups in total. The van der Waals surface area contributed by atoms with Gasteiger partial charge in [0, 0.05) is 22.7 Å². The maximum atomic E-state index is 13.1. The monoisotopic (exact) mass is 301 g/mol. The second kappa shape index (κ2) is 5.26. The lowest BCUT2D eigenvalue weighted by molar-refractivity contribution is -0.137. The van der Waals surface area contributed by atoms with Crippen molar-refractivity contribution in [1.29, 1.82) is 0 Å². The average molecular weight is 301 g/mol. The van der Waals surface area contributed by atoms with Gasteiger partial charge in [-0.15, -0.1) is 0 Å². The van der Waals surface area contributed by atoms with Gasteiger partial charge in [-0.05, 0) is 18.2 Å². The third kappa shape index (κ3) is 2.45. The van der Waals surface area contributed by atoms with E-state index < -0.39 is 17.5 Å². The van der Waals surface area contributed by atoms with Crippen molar-refractivity contribution >= 4 is 16.7 Å². The Hall–Kier alpha value is -2.69. The van der Waals surface area contributed by atoms with Crippen LogP contribution in [-0.2, 0) is 6.18 Å². The SMILES string of the molecule is O=C(c1ccccc1C(F)(F)F)c1ccnc2ccccc12. The smallest absolute Gasteiger partial charge is 0.289 e. The molecule has 0 aliphatic heterocycles. The number of aromatic nitrogens is 1. The molecule has 0 unspecified atom stereocenters. The Morgan fingerprint density at radius 1 is 0.864 bits per heavy atom. The van der Waals surface area contributed by atoms with E-state index in [1.807, 2.05) is 0 Å². The van der Waals surface area contributed by atoms with Crippen molar-refractivity contribution in [3.05, 3.63) is 77.5 Å². The molecular formula is C17H10F3NO. The number of hydrogen-bond acceptors (Lipinski definition) is 2. The molecule has 0 saturated heterocycles. The number of carbonyl (C=O) groups is 1. The number of hydrogen-bond donors (Lipinski definition) is 0. The molecule has 2 nitrogen and oxygen atoms in total. The average Bonchev–Trinajstić information content (AvgIpc) is 2.53. The highest BCUT2D eigenvalue weighted by atomic mass is 19.4. The summed E-state index contributed by atoms with van der Waals surface area (Å²) in [5.74, 6) is -0.661. The Balaban J connectivity index is 2.20. The van der Waals surface area contributed by atoms with E-state index in [0.29, 0.717) is 10.9 Å². The van der Waals surface area contributed by atoms with Gasteiger partial charge in [0.25, 0.3) is 0 Å². The van der Waals surface area contributed by atoms with E-state index in [4.69, 9.17) is 0 Å². The first kappa shape index (κ1) is 14.3. The van der Waals surface area contributed by atoms with Gasteiger partial charge < -0.3 is 0 Å². The first-order valence-electron chi connectivity index (χ1n) is 6.53. The molecule has 3 aromatic rings. The first-order chi connectivity index (χ1) is 10.5. The molecule has 0 fully saturated rings. The standard InChI is InChI=1S/C17H10F3NO/c18-17(19,20)14-7-3-1-6-13(14)16(22)12-9-10-21-15-8-4-2-5-11(12)15/h1-10H. The summed E-state index contributed by atoms with van der Waals surface area (Å²) in [4.78, 5) is 16.7. The van der Waals surface area contributed by atoms with Gasteiger partial charge in [-0.1, -0.05) is 36.4 Å². The summed E-state index contributed by atoms with van der Waals surface area (Å²) < 4.78 is 39.2. The van der Waals surface area contributed by atoms with E-state index in [9.17, 15) is 18.0 Å². The van der Waals surface area contributed by atoms with Crippen molar-refractivity contribution in [3.8, 4) is 0 Å². The van der Waals surface area contributed by atoms with Crippen molar-refractivity contribution in [2.24, 2.45) is 0 Å². The second-order valence-corrected chi connectivity index (χ2v) is 4.75. The third-order valence-corrected chi connectivity index (χ3v) is 3.37. The Kier molecular flexibility index (Phi) is 3.41. The second-order valence-electron chi connectivity index (χ2n) is 4.75. The largest absolute Gasteiger partial charge is 0.417 e. The Bertz CT molecular complexity index is 850. The van der Waals surface area contributed by atoms with Gasteiger partial charge in [-0.3, -0.25) is 9.78 Å². The van der Waals surface area contributed by atoms with Gasteiger partial charge in [-0.25, -0.2) is 0 Å². The predicted molar refractivity (Wildman–Crippen MR) is 76.6 cm³/mol. The molecule has 1 aromatic heterocycles. The summed E-state index contributed by atoms with van der Waals surface area (Å²) in [7, 11) is 0. The highest BCUT2D eigenvalue weighted by Gasteiger charge is 2.35. The number of fused-ring (bicyclic) bond motifs is 1. The number of rotatable bonds is 2. The minimum atomic E-state index is -4.57. The Labute approximate surface area is 124 Å². The third-order valence-electron chi connectivity index (χ3n) is 3.37. The van der Waals surface area contributed by atoms with E-state index in [-0.39, 0.29) is 11.1 Å². The lowest BCUT2D eigenvalue weighted by atomic mass is 9.96. The van der Waals surface area contributed by atoms with Crippen molar-refractivity contribution in [2.45, 2.75) is 6.18 Å². The van der Waals surface area contributed by atoms with Gasteiger partial charge >= 0.3 is 6.18 Å². The molecule has 3 rings (SSSR count). The molecule has 0 amide bonds. The molecule has 5 heteroatoms. The van der Waals surface area contributed by atoms with Crippen LogP contribution < -0.4 is 0 Å². The van der Waals surface area contributed by atoms with Crippen molar-refractivity contribution in [1.82, 2.24) is 4.98 Å². The Morgan fingerprint density at radius 3 is 2.32 bits per heavy atom. The molecule has 110 valence electrons. The molecular weight excluding hydrogens is 291 g/mol. The summed E-state index contributed by atoms with van der Waals surface area (Å²) in [6.07, 6.45) is -3.15. The maximum Gasteiger partial charge on any atom is 0.417 e. The molecule has 0 bridgehead atoms. The fourth-order valence-corrected chi connectivity index (χ4v) is 2.37. The van der Waals surface area contributed by atoms with Crippen molar-refractivity contribution in [3.63, 3.8) is 0 Å². The van der Waals surface area contributed by atoms with Crippen LogP contribution >= 0.6 is 0 Å². The molecule has 0 spiro atoms. The number of pyridine rings is 1. The lowest BCUT2D eigenvalue weighted by Crippen LogP contribution is -2.14. The number of halogens is 3. The summed E-state index contributed by atoms with van der Waals surface area (Å²) in [6, 6.07) is 13.1. The molecule has 0 saturated carbocycles. The zero-order valence-electron chi connectivity index (χ0n) is 11.3. The zero-order chi connectivity index (χ0) is 15.7. The number of benzene rings is 2. The van der Waals surface area contributed by atoms with Gasteiger partial charge in [-0.2, -0.15) is 13.2 Å². The predicted octanol–water partition coefficient (Wildman–Crippen LogP) is 4.48. The van der Waals surface area contributed by atoms with E-state index in [0.717, 1.165) is 6.07 Å². The summed E-state index contributed by atoms with van der Waals surface area (Å²) in [6.45, 7) is 0. The number of carbonyl (C=O) groups excluding carboxylic acids is 1. The van der Waals surface area contributed by atoms with Gasteiger partial charge in [0.15, 0.2) is 5.78 Å². The van der Waals surface area contributed by atoms with Crippen LogP contribution in [0, 0.1) is 0 Å². The quantitative estimate of drug-likeness (QED) is 0.653. The summed E-state index contributed by atoms with van der Waals surface area (Å²) >= 11 is 0. The molecule has 0 aliphatic rings. The maximum absolute atomic E-state index is 13.1. The molecule has 2 aromatic carbocycles. The fourth-order valence-electron chi connectivity index (χ4n) is 2.37. The highest BCUT2D eigenvalue weighted by Crippen LogP contribution is 2.33. The normalized spacial score (nSPS) is 11.6. The van der Waals surface area contributed by atoms with Crippen molar-refractivity contribution in [2.75, 3.05) is 0 Å². The van der Waals surface area contributed by atoms with E-state index in [2.05, 4.69) is 4.98 Å². The minimum absolute atomic E-state index is 0.210. The van der Waals surface area contributed by atoms with Crippen LogP contribution in [0.15, 0.2) is 60.8 Å². The van der Waals surface area contributed by atoms with Gasteiger partial charge in [0.05, 0.1) is 11.1 Å². The van der Waals surface area contributed by atoms with Crippen LogP contribution in [0.5, 0.6) is 0 Å². The summed E-state index contributed by atoms with van der Waals surface area (Å²) in [5, 5.41) is 0.534. The highest BCUT2D eigenvalue weighted by molar-refractivity contribution is 6.16. The zero-order valence-corrected chi connectivity index (χ0v) is 11.3. The van der Waals surface area contributed by atoms with E-state index >= 15 is 0 Å². The lowest BCUT2D eigenvalue weighted by Gasteiger charge is -2.12. The molecule has 0 atom stereocenters. The van der Waals surface area contributed by atoms with Gasteiger partial charge in [0.1, 0.15) is 0 Å². The fraction of sp³-hybridized carbons (Fsp3) is 0.0588. The van der Waals surface area contributed by atoms with E-state index in [1.54, 1.807) is 24.3 Å². The molecule has 1 heterocycles. The topological polar surface area (TPSA) is 30.0 Å². The number of alkyl halides is 3. The Morgan fingerprint density at radius 2 is 1.55 bits per heavy atom. The first-order valence-corrected chi connectivity index (χ1v) is 6.53. The van der Waals surface area contributed by atoms with Crippen LogP contribution in [0.4, 0.5) is 13.2 Å². The van der Waals surface area contributed by atoms with Crippen LogP contribution in [0.3, 0.4) is 0 Å². The summed E-state index contributed by atoms with van der Waals surface area (Å²) in [5.41, 5.74) is -0.507. The van der Waals surface area contributed by atoms with Crippen LogP contribution in [-0.4, -0.2) is 10.8 Å². The van der Waals surface area contributed by atoms with Crippen LogP contribution in [0.2, 0.25) is 0 Å². The molecule has 0 radical (unpaired) electrons. The molecule has 0 aliphatic carbocycles. The van der Waals surface area contributed by atoms with Crippen molar-refractivity contribution < 1.29 is 18.0 Å². The van der Waals surface area contributed by atoms with Crippen LogP contribution in [0.25, 0.3) is 10.9 Å². The number of nitrogens with zero attached hydrogens (tertiary/aromatic N) is 1. The van der Waals surface area contributed by atoms with E-state index in [1.165, 1.54) is 30.5 Å². The number of ketones is 1. The van der Waals surface area contributed by atoms with Gasteiger partial charge in [0.2, 0.25) is 0 Å². The molecule has 22 heavy (non-hydrogen) atoms.